The molecule has 2 heterocycles. The van der Waals surface area contributed by atoms with Crippen molar-refractivity contribution in [1.29, 1.82) is 0 Å². The fourth-order valence-corrected chi connectivity index (χ4v) is 4.18. The number of nitrogens with two attached hydrogens (primary N) is 1. The summed E-state index contributed by atoms with van der Waals surface area (Å²) in [6.07, 6.45) is 3.28. The van der Waals surface area contributed by atoms with Crippen LogP contribution in [0.4, 0.5) is 0 Å². The molecule has 0 fully saturated rings. The first kappa shape index (κ1) is 14.1. The smallest absolute Gasteiger partial charge is 0.241 e. The predicted octanol–water partition coefficient (Wildman–Crippen LogP) is 1.39. The summed E-state index contributed by atoms with van der Waals surface area (Å²) in [5, 5.41) is 0. The average Bonchev–Trinajstić information content (AvgIpc) is 2.80. The van der Waals surface area contributed by atoms with Crippen molar-refractivity contribution in [3.63, 3.8) is 0 Å². The van der Waals surface area contributed by atoms with Gasteiger partial charge in [0, 0.05) is 35.2 Å². The van der Waals surface area contributed by atoms with E-state index in [-0.39, 0.29) is 6.54 Å². The molecular weight excluding hydrogens is 282 g/mol. The molecule has 0 atom stereocenters. The van der Waals surface area contributed by atoms with Crippen LogP contribution in [0, 0.1) is 6.92 Å². The highest BCUT2D eigenvalue weighted by Gasteiger charge is 2.19. The van der Waals surface area contributed by atoms with E-state index in [2.05, 4.69) is 9.71 Å². The molecule has 2 aromatic heterocycles. The Morgan fingerprint density at radius 2 is 2.26 bits per heavy atom. The van der Waals surface area contributed by atoms with Crippen molar-refractivity contribution in [2.75, 3.05) is 0 Å². The van der Waals surface area contributed by atoms with Gasteiger partial charge in [-0.25, -0.2) is 13.1 Å². The Balaban J connectivity index is 2.16. The molecule has 0 bridgehead atoms. The molecule has 2 aromatic rings. The molecule has 2 rings (SSSR count). The summed E-state index contributed by atoms with van der Waals surface area (Å²) in [7, 11) is -3.50. The molecule has 0 spiro atoms. The molecule has 19 heavy (non-hydrogen) atoms. The van der Waals surface area contributed by atoms with Gasteiger partial charge in [0.2, 0.25) is 10.0 Å². The predicted molar refractivity (Wildman–Crippen MR) is 75.2 cm³/mol. The number of aryl methyl sites for hydroxylation is 1. The molecule has 5 nitrogen and oxygen atoms in total. The lowest BCUT2D eigenvalue weighted by molar-refractivity contribution is 0.581. The van der Waals surface area contributed by atoms with Gasteiger partial charge in [-0.2, -0.15) is 0 Å². The van der Waals surface area contributed by atoms with E-state index in [4.69, 9.17) is 5.73 Å². The number of hydrogen-bond acceptors (Lipinski definition) is 5. The minimum atomic E-state index is -3.50. The van der Waals surface area contributed by atoms with Gasteiger partial charge in [-0.3, -0.25) is 4.98 Å². The average molecular weight is 297 g/mol. The molecule has 0 amide bonds. The normalized spacial score (nSPS) is 11.7. The first-order valence-electron chi connectivity index (χ1n) is 5.71. The van der Waals surface area contributed by atoms with E-state index < -0.39 is 10.0 Å². The second-order valence-corrected chi connectivity index (χ2v) is 7.10. The van der Waals surface area contributed by atoms with E-state index in [1.807, 2.05) is 6.07 Å². The third-order valence-corrected chi connectivity index (χ3v) is 5.33. The van der Waals surface area contributed by atoms with Crippen LogP contribution in [0.15, 0.2) is 35.5 Å². The molecule has 102 valence electrons. The zero-order chi connectivity index (χ0) is 13.9. The van der Waals surface area contributed by atoms with E-state index in [1.54, 1.807) is 31.5 Å². The number of pyridine rings is 1. The first-order chi connectivity index (χ1) is 9.03. The topological polar surface area (TPSA) is 85.1 Å². The van der Waals surface area contributed by atoms with Crippen molar-refractivity contribution in [3.8, 4) is 0 Å². The van der Waals surface area contributed by atoms with Crippen LogP contribution in [0.2, 0.25) is 0 Å². The van der Waals surface area contributed by atoms with Gasteiger partial charge in [0.15, 0.2) is 0 Å². The highest BCUT2D eigenvalue weighted by Crippen LogP contribution is 2.25. The summed E-state index contributed by atoms with van der Waals surface area (Å²) < 4.78 is 26.9. The molecule has 3 N–H and O–H groups in total. The largest absolute Gasteiger partial charge is 0.326 e. The summed E-state index contributed by atoms with van der Waals surface area (Å²) >= 11 is 1.41. The molecule has 0 aliphatic rings. The number of nitrogens with zero attached hydrogens (tertiary/aromatic N) is 1. The lowest BCUT2D eigenvalue weighted by Crippen LogP contribution is -2.23. The van der Waals surface area contributed by atoms with Crippen LogP contribution < -0.4 is 10.5 Å². The standard InChI is InChI=1S/C12H15N3O2S2/c1-9-12(5-11(6-13)18-9)19(16,17)15-8-10-3-2-4-14-7-10/h2-5,7,15H,6,8,13H2,1H3. The van der Waals surface area contributed by atoms with Crippen molar-refractivity contribution in [3.05, 3.63) is 45.9 Å². The summed E-state index contributed by atoms with van der Waals surface area (Å²) in [5.41, 5.74) is 6.34. The molecule has 7 heteroatoms. The highest BCUT2D eigenvalue weighted by atomic mass is 32.2. The van der Waals surface area contributed by atoms with Crippen molar-refractivity contribution in [1.82, 2.24) is 9.71 Å². The maximum absolute atomic E-state index is 12.2. The lowest BCUT2D eigenvalue weighted by atomic mass is 10.3. The number of hydrogen-bond donors (Lipinski definition) is 2. The SMILES string of the molecule is Cc1sc(CN)cc1S(=O)(=O)NCc1cccnc1. The number of rotatable bonds is 5. The van der Waals surface area contributed by atoms with Crippen molar-refractivity contribution < 1.29 is 8.42 Å². The van der Waals surface area contributed by atoms with E-state index >= 15 is 0 Å². The van der Waals surface area contributed by atoms with Gasteiger partial charge in [0.05, 0.1) is 4.90 Å². The van der Waals surface area contributed by atoms with Gasteiger partial charge >= 0.3 is 0 Å². The van der Waals surface area contributed by atoms with Crippen LogP contribution in [-0.4, -0.2) is 13.4 Å². The van der Waals surface area contributed by atoms with Crippen LogP contribution in [0.1, 0.15) is 15.3 Å². The summed E-state index contributed by atoms with van der Waals surface area (Å²) in [4.78, 5) is 5.86. The zero-order valence-electron chi connectivity index (χ0n) is 10.5. The minimum Gasteiger partial charge on any atom is -0.326 e. The van der Waals surface area contributed by atoms with Gasteiger partial charge in [0.1, 0.15) is 0 Å². The zero-order valence-corrected chi connectivity index (χ0v) is 12.1. The second kappa shape index (κ2) is 5.79. The van der Waals surface area contributed by atoms with Gasteiger partial charge in [-0.05, 0) is 24.6 Å². The molecule has 0 radical (unpaired) electrons. The summed E-state index contributed by atoms with van der Waals surface area (Å²) in [5.74, 6) is 0. The molecule has 0 saturated carbocycles. The Kier molecular flexibility index (Phi) is 4.31. The molecule has 0 aromatic carbocycles. The van der Waals surface area contributed by atoms with Crippen molar-refractivity contribution in [2.24, 2.45) is 5.73 Å². The number of thiophene rings is 1. The van der Waals surface area contributed by atoms with E-state index in [9.17, 15) is 8.42 Å². The molecule has 0 saturated heterocycles. The van der Waals surface area contributed by atoms with Crippen LogP contribution in [0.25, 0.3) is 0 Å². The van der Waals surface area contributed by atoms with E-state index in [0.29, 0.717) is 11.4 Å². The first-order valence-corrected chi connectivity index (χ1v) is 8.01. The maximum atomic E-state index is 12.2. The van der Waals surface area contributed by atoms with Crippen LogP contribution in [0.3, 0.4) is 0 Å². The lowest BCUT2D eigenvalue weighted by Gasteiger charge is -2.05. The maximum Gasteiger partial charge on any atom is 0.241 e. The Hall–Kier alpha value is -1.28. The summed E-state index contributed by atoms with van der Waals surface area (Å²) in [6.45, 7) is 2.36. The van der Waals surface area contributed by atoms with Crippen molar-refractivity contribution in [2.45, 2.75) is 24.9 Å². The third-order valence-electron chi connectivity index (χ3n) is 2.60. The Morgan fingerprint density at radius 3 is 2.84 bits per heavy atom. The van der Waals surface area contributed by atoms with Crippen LogP contribution >= 0.6 is 11.3 Å². The Labute approximate surface area is 116 Å². The number of aromatic nitrogens is 1. The summed E-state index contributed by atoms with van der Waals surface area (Å²) in [6, 6.07) is 5.22. The van der Waals surface area contributed by atoms with E-state index in [0.717, 1.165) is 15.3 Å². The van der Waals surface area contributed by atoms with Crippen molar-refractivity contribution >= 4 is 21.4 Å². The van der Waals surface area contributed by atoms with Gasteiger partial charge in [0.25, 0.3) is 0 Å². The molecule has 0 aliphatic carbocycles. The monoisotopic (exact) mass is 297 g/mol. The third kappa shape index (κ3) is 3.38. The molecule has 0 aliphatic heterocycles. The number of nitrogens with one attached hydrogen (secondary N) is 1. The van der Waals surface area contributed by atoms with Gasteiger partial charge in [-0.15, -0.1) is 11.3 Å². The number of sulfonamides is 1. The molecular formula is C12H15N3O2S2. The van der Waals surface area contributed by atoms with Gasteiger partial charge < -0.3 is 5.73 Å². The molecule has 0 unspecified atom stereocenters. The second-order valence-electron chi connectivity index (χ2n) is 4.02. The fourth-order valence-electron chi connectivity index (χ4n) is 1.65. The van der Waals surface area contributed by atoms with Gasteiger partial charge in [-0.1, -0.05) is 6.07 Å². The van der Waals surface area contributed by atoms with Crippen LogP contribution in [-0.2, 0) is 23.1 Å². The minimum absolute atomic E-state index is 0.226. The fraction of sp³-hybridized carbons (Fsp3) is 0.250. The quantitative estimate of drug-likeness (QED) is 0.873. The Bertz CT molecular complexity index is 651. The highest BCUT2D eigenvalue weighted by molar-refractivity contribution is 7.89. The Morgan fingerprint density at radius 1 is 1.47 bits per heavy atom. The van der Waals surface area contributed by atoms with E-state index in [1.165, 1.54) is 11.3 Å². The van der Waals surface area contributed by atoms with Crippen LogP contribution in [0.5, 0.6) is 0 Å².